The van der Waals surface area contributed by atoms with E-state index in [2.05, 4.69) is 15.9 Å². The fraction of sp³-hybridized carbons (Fsp3) is 0.381. The smallest absolute Gasteiger partial charge is 0.243 e. The van der Waals surface area contributed by atoms with Crippen LogP contribution in [0.5, 0.6) is 0 Å². The number of sulfonamides is 1. The van der Waals surface area contributed by atoms with E-state index in [-0.39, 0.29) is 23.4 Å². The number of rotatable bonds is 3. The molecule has 1 fully saturated rings. The molecule has 0 aromatic heterocycles. The minimum atomic E-state index is -3.76. The Kier molecular flexibility index (Phi) is 5.52. The summed E-state index contributed by atoms with van der Waals surface area (Å²) in [5, 5.41) is 0. The van der Waals surface area contributed by atoms with Gasteiger partial charge in [-0.2, -0.15) is 4.31 Å². The Bertz CT molecular complexity index is 1040. The van der Waals surface area contributed by atoms with Gasteiger partial charge in [0.2, 0.25) is 15.9 Å². The van der Waals surface area contributed by atoms with E-state index in [1.54, 1.807) is 0 Å². The second-order valence-corrected chi connectivity index (χ2v) is 10.5. The van der Waals surface area contributed by atoms with E-state index >= 15 is 0 Å². The van der Waals surface area contributed by atoms with Gasteiger partial charge in [-0.3, -0.25) is 4.79 Å². The topological polar surface area (TPSA) is 57.7 Å². The molecule has 1 saturated heterocycles. The Morgan fingerprint density at radius 2 is 1.90 bits per heavy atom. The Morgan fingerprint density at radius 1 is 1.17 bits per heavy atom. The summed E-state index contributed by atoms with van der Waals surface area (Å²) in [4.78, 5) is 15.2. The van der Waals surface area contributed by atoms with Crippen LogP contribution in [0.3, 0.4) is 0 Å². The van der Waals surface area contributed by atoms with Gasteiger partial charge in [0.15, 0.2) is 0 Å². The number of hydrogen-bond donors (Lipinski definition) is 0. The van der Waals surface area contributed by atoms with E-state index in [1.165, 1.54) is 16.4 Å². The number of carbonyl (C=O) groups excluding carboxylic acids is 1. The average Bonchev–Trinajstić information content (AvgIpc) is 3.02. The van der Waals surface area contributed by atoms with E-state index < -0.39 is 21.8 Å². The molecular weight excluding hydrogens is 459 g/mol. The second kappa shape index (κ2) is 7.81. The summed E-state index contributed by atoms with van der Waals surface area (Å²) >= 11 is 3.47. The van der Waals surface area contributed by atoms with Crippen LogP contribution in [0.25, 0.3) is 0 Å². The Morgan fingerprint density at radius 3 is 2.62 bits per heavy atom. The van der Waals surface area contributed by atoms with Crippen molar-refractivity contribution in [3.8, 4) is 0 Å². The molecule has 8 heteroatoms. The lowest BCUT2D eigenvalue weighted by Gasteiger charge is -2.34. The predicted molar refractivity (Wildman–Crippen MR) is 113 cm³/mol. The van der Waals surface area contributed by atoms with Crippen LogP contribution in [-0.2, 0) is 21.2 Å². The van der Waals surface area contributed by atoms with E-state index in [0.717, 1.165) is 34.3 Å². The largest absolute Gasteiger partial charge is 0.309 e. The van der Waals surface area contributed by atoms with Crippen molar-refractivity contribution < 1.29 is 17.6 Å². The van der Waals surface area contributed by atoms with E-state index in [0.29, 0.717) is 19.4 Å². The number of benzene rings is 2. The summed E-state index contributed by atoms with van der Waals surface area (Å²) in [5.74, 6) is -0.905. The summed E-state index contributed by atoms with van der Waals surface area (Å²) in [5.41, 5.74) is 2.02. The zero-order chi connectivity index (χ0) is 20.8. The molecule has 2 unspecified atom stereocenters. The van der Waals surface area contributed by atoms with Gasteiger partial charge < -0.3 is 4.90 Å². The van der Waals surface area contributed by atoms with Gasteiger partial charge in [0.1, 0.15) is 5.82 Å². The van der Waals surface area contributed by atoms with E-state index in [9.17, 15) is 17.6 Å². The summed E-state index contributed by atoms with van der Waals surface area (Å²) in [6.07, 6.45) is 2.06. The number of carbonyl (C=O) groups is 1. The standard InChI is InChI=1S/C21H22BrFN2O3S/c1-14-11-16-12-17(22)4-9-20(16)25(14)21(26)15-3-2-10-24(13-15)29(27,28)19-7-5-18(23)6-8-19/h4-9,12,14-15H,2-3,10-11,13H2,1H3. The first-order valence-electron chi connectivity index (χ1n) is 9.64. The van der Waals surface area contributed by atoms with Crippen LogP contribution in [0, 0.1) is 11.7 Å². The third-order valence-electron chi connectivity index (χ3n) is 5.68. The van der Waals surface area contributed by atoms with Gasteiger partial charge in [-0.1, -0.05) is 15.9 Å². The van der Waals surface area contributed by atoms with Crippen molar-refractivity contribution in [1.82, 2.24) is 4.31 Å². The van der Waals surface area contributed by atoms with Crippen molar-refractivity contribution in [3.63, 3.8) is 0 Å². The second-order valence-electron chi connectivity index (χ2n) is 7.69. The lowest BCUT2D eigenvalue weighted by Crippen LogP contribution is -2.48. The van der Waals surface area contributed by atoms with Crippen molar-refractivity contribution in [1.29, 1.82) is 0 Å². The highest BCUT2D eigenvalue weighted by Gasteiger charge is 2.39. The van der Waals surface area contributed by atoms with Crippen molar-refractivity contribution in [2.75, 3.05) is 18.0 Å². The molecule has 2 atom stereocenters. The molecule has 2 heterocycles. The molecule has 0 aliphatic carbocycles. The van der Waals surface area contributed by atoms with Crippen LogP contribution in [0.15, 0.2) is 51.8 Å². The summed E-state index contributed by atoms with van der Waals surface area (Å²) in [6, 6.07) is 10.8. The number of anilines is 1. The molecule has 2 aliphatic rings. The van der Waals surface area contributed by atoms with Gasteiger partial charge in [-0.05, 0) is 74.2 Å². The third kappa shape index (κ3) is 3.85. The molecule has 0 N–H and O–H groups in total. The maximum atomic E-state index is 13.4. The summed E-state index contributed by atoms with van der Waals surface area (Å²) in [7, 11) is -3.76. The number of piperidine rings is 1. The molecule has 2 aromatic carbocycles. The van der Waals surface area contributed by atoms with E-state index in [4.69, 9.17) is 0 Å². The summed E-state index contributed by atoms with van der Waals surface area (Å²) in [6.45, 7) is 2.53. The highest BCUT2D eigenvalue weighted by Crippen LogP contribution is 2.36. The number of fused-ring (bicyclic) bond motifs is 1. The molecule has 0 bridgehead atoms. The van der Waals surface area contributed by atoms with Crippen molar-refractivity contribution >= 4 is 37.5 Å². The first-order valence-corrected chi connectivity index (χ1v) is 11.9. The maximum absolute atomic E-state index is 13.4. The van der Waals surface area contributed by atoms with Gasteiger partial charge in [0, 0.05) is 29.3 Å². The van der Waals surface area contributed by atoms with Crippen molar-refractivity contribution in [2.24, 2.45) is 5.92 Å². The normalized spacial score (nSPS) is 22.5. The average molecular weight is 481 g/mol. The maximum Gasteiger partial charge on any atom is 0.243 e. The predicted octanol–water partition coefficient (Wildman–Crippen LogP) is 3.97. The monoisotopic (exact) mass is 480 g/mol. The molecule has 29 heavy (non-hydrogen) atoms. The zero-order valence-electron chi connectivity index (χ0n) is 16.0. The zero-order valence-corrected chi connectivity index (χ0v) is 18.4. The fourth-order valence-corrected chi connectivity index (χ4v) is 6.18. The molecule has 2 aliphatic heterocycles. The van der Waals surface area contributed by atoms with Crippen LogP contribution < -0.4 is 4.90 Å². The highest BCUT2D eigenvalue weighted by atomic mass is 79.9. The lowest BCUT2D eigenvalue weighted by atomic mass is 9.97. The van der Waals surface area contributed by atoms with Gasteiger partial charge >= 0.3 is 0 Å². The van der Waals surface area contributed by atoms with Crippen LogP contribution in [-0.4, -0.2) is 37.8 Å². The molecule has 0 spiro atoms. The molecule has 1 amide bonds. The third-order valence-corrected chi connectivity index (χ3v) is 8.05. The highest BCUT2D eigenvalue weighted by molar-refractivity contribution is 9.10. The molecule has 0 radical (unpaired) electrons. The van der Waals surface area contributed by atoms with Gasteiger partial charge in [-0.25, -0.2) is 12.8 Å². The number of halogens is 2. The van der Waals surface area contributed by atoms with Gasteiger partial charge in [0.05, 0.1) is 10.8 Å². The SMILES string of the molecule is CC1Cc2cc(Br)ccc2N1C(=O)C1CCCN(S(=O)(=O)c2ccc(F)cc2)C1. The van der Waals surface area contributed by atoms with Crippen LogP contribution in [0.4, 0.5) is 10.1 Å². The molecule has 4 rings (SSSR count). The molecule has 2 aromatic rings. The fourth-order valence-electron chi connectivity index (χ4n) is 4.25. The first kappa shape index (κ1) is 20.5. The minimum absolute atomic E-state index is 0.0300. The quantitative estimate of drug-likeness (QED) is 0.667. The first-order chi connectivity index (χ1) is 13.8. The van der Waals surface area contributed by atoms with Crippen LogP contribution >= 0.6 is 15.9 Å². The Hall–Kier alpha value is -1.77. The molecular formula is C21H22BrFN2O3S. The van der Waals surface area contributed by atoms with Crippen LogP contribution in [0.1, 0.15) is 25.3 Å². The van der Waals surface area contributed by atoms with Gasteiger partial charge in [0.25, 0.3) is 0 Å². The number of nitrogens with zero attached hydrogens (tertiary/aromatic N) is 2. The molecule has 0 saturated carbocycles. The minimum Gasteiger partial charge on any atom is -0.309 e. The summed E-state index contributed by atoms with van der Waals surface area (Å²) < 4.78 is 41.4. The van der Waals surface area contributed by atoms with Crippen molar-refractivity contribution in [2.45, 2.75) is 37.1 Å². The van der Waals surface area contributed by atoms with Gasteiger partial charge in [-0.15, -0.1) is 0 Å². The number of hydrogen-bond acceptors (Lipinski definition) is 3. The van der Waals surface area contributed by atoms with Crippen LogP contribution in [0.2, 0.25) is 0 Å². The Labute approximate surface area is 178 Å². The van der Waals surface area contributed by atoms with E-state index in [1.807, 2.05) is 30.0 Å². The number of amides is 1. The Balaban J connectivity index is 1.56. The molecule has 154 valence electrons. The van der Waals surface area contributed by atoms with Crippen molar-refractivity contribution in [3.05, 3.63) is 58.3 Å². The molecule has 5 nitrogen and oxygen atoms in total. The lowest BCUT2D eigenvalue weighted by molar-refractivity contribution is -0.123.